The van der Waals surface area contributed by atoms with Crippen LogP contribution in [0.5, 0.6) is 0 Å². The number of benzene rings is 1. The standard InChI is InChI=1S/C23H29N3O5S2/c1-16-8-9-18-19(14-16)32-22(21(18)23(28)31-2)24-20(27)15-25-10-12-26(13-11-25)33(29,30)17-6-4-3-5-7-17/h3-7,16H,8-15H2,1-2H3,(H,24,27)/t16-/m1/s1. The number of rotatable bonds is 6. The fourth-order valence-corrected chi connectivity index (χ4v) is 7.25. The molecular formula is C23H29N3O5S2. The second-order valence-corrected chi connectivity index (χ2v) is 11.6. The molecule has 2 aromatic rings. The fraction of sp³-hybridized carbons (Fsp3) is 0.478. The van der Waals surface area contributed by atoms with Crippen LogP contribution < -0.4 is 5.32 Å². The molecule has 0 bridgehead atoms. The Hall–Kier alpha value is -2.27. The minimum atomic E-state index is -3.53. The number of sulfonamides is 1. The minimum Gasteiger partial charge on any atom is -0.465 e. The van der Waals surface area contributed by atoms with E-state index in [0.717, 1.165) is 29.7 Å². The number of methoxy groups -OCH3 is 1. The average molecular weight is 492 g/mol. The number of fused-ring (bicyclic) bond motifs is 1. The number of hydrogen-bond donors (Lipinski definition) is 1. The van der Waals surface area contributed by atoms with Gasteiger partial charge in [0.25, 0.3) is 0 Å². The van der Waals surface area contributed by atoms with Crippen LogP contribution in [0.4, 0.5) is 5.00 Å². The molecular weight excluding hydrogens is 462 g/mol. The van der Waals surface area contributed by atoms with E-state index in [1.807, 2.05) is 4.90 Å². The highest BCUT2D eigenvalue weighted by Gasteiger charge is 2.31. The average Bonchev–Trinajstić information content (AvgIpc) is 3.16. The molecule has 1 aliphatic heterocycles. The molecule has 0 spiro atoms. The lowest BCUT2D eigenvalue weighted by atomic mass is 9.88. The van der Waals surface area contributed by atoms with Crippen LogP contribution in [0, 0.1) is 5.92 Å². The van der Waals surface area contributed by atoms with Crippen LogP contribution in [0.2, 0.25) is 0 Å². The normalized spacial score (nSPS) is 19.6. The van der Waals surface area contributed by atoms with Gasteiger partial charge in [-0.05, 0) is 42.9 Å². The summed E-state index contributed by atoms with van der Waals surface area (Å²) in [7, 11) is -2.18. The lowest BCUT2D eigenvalue weighted by Gasteiger charge is -2.33. The fourth-order valence-electron chi connectivity index (χ4n) is 4.40. The van der Waals surface area contributed by atoms with E-state index in [2.05, 4.69) is 12.2 Å². The van der Waals surface area contributed by atoms with E-state index < -0.39 is 16.0 Å². The molecule has 4 rings (SSSR count). The van der Waals surface area contributed by atoms with Gasteiger partial charge in [-0.3, -0.25) is 9.69 Å². The molecule has 1 atom stereocenters. The van der Waals surface area contributed by atoms with Crippen molar-refractivity contribution in [3.05, 3.63) is 46.3 Å². The molecule has 1 N–H and O–H groups in total. The Morgan fingerprint density at radius 2 is 1.85 bits per heavy atom. The Morgan fingerprint density at radius 3 is 2.52 bits per heavy atom. The second kappa shape index (κ2) is 9.92. The van der Waals surface area contributed by atoms with Crippen molar-refractivity contribution >= 4 is 38.2 Å². The van der Waals surface area contributed by atoms with Gasteiger partial charge in [-0.15, -0.1) is 11.3 Å². The van der Waals surface area contributed by atoms with Crippen molar-refractivity contribution in [3.8, 4) is 0 Å². The predicted molar refractivity (Wildman–Crippen MR) is 127 cm³/mol. The van der Waals surface area contributed by atoms with E-state index in [-0.39, 0.29) is 17.3 Å². The maximum atomic E-state index is 12.8. The van der Waals surface area contributed by atoms with E-state index in [1.165, 1.54) is 22.8 Å². The summed E-state index contributed by atoms with van der Waals surface area (Å²) in [5, 5.41) is 3.47. The summed E-state index contributed by atoms with van der Waals surface area (Å²) in [5.74, 6) is -0.0862. The van der Waals surface area contributed by atoms with Crippen LogP contribution >= 0.6 is 11.3 Å². The number of thiophene rings is 1. The highest BCUT2D eigenvalue weighted by Crippen LogP contribution is 2.40. The van der Waals surface area contributed by atoms with Gasteiger partial charge in [0.2, 0.25) is 15.9 Å². The van der Waals surface area contributed by atoms with Gasteiger partial charge in [0.05, 0.1) is 24.1 Å². The predicted octanol–water partition coefficient (Wildman–Crippen LogP) is 2.60. The molecule has 2 aliphatic rings. The summed E-state index contributed by atoms with van der Waals surface area (Å²) in [6.07, 6.45) is 2.72. The zero-order chi connectivity index (χ0) is 23.6. The highest BCUT2D eigenvalue weighted by molar-refractivity contribution is 7.89. The SMILES string of the molecule is COC(=O)c1c(NC(=O)CN2CCN(S(=O)(=O)c3ccccc3)CC2)sc2c1CC[C@@H](C)C2. The van der Waals surface area contributed by atoms with Gasteiger partial charge in [-0.1, -0.05) is 25.1 Å². The molecule has 0 unspecified atom stereocenters. The maximum Gasteiger partial charge on any atom is 0.341 e. The van der Waals surface area contributed by atoms with E-state index >= 15 is 0 Å². The van der Waals surface area contributed by atoms with E-state index in [1.54, 1.807) is 30.3 Å². The van der Waals surface area contributed by atoms with Crippen LogP contribution in [0.3, 0.4) is 0 Å². The summed E-state index contributed by atoms with van der Waals surface area (Å²) < 4.78 is 32.0. The first-order valence-electron chi connectivity index (χ1n) is 11.1. The molecule has 10 heteroatoms. The Morgan fingerprint density at radius 1 is 1.15 bits per heavy atom. The zero-order valence-electron chi connectivity index (χ0n) is 18.9. The molecule has 178 valence electrons. The minimum absolute atomic E-state index is 0.138. The number of carbonyl (C=O) groups excluding carboxylic acids is 2. The summed E-state index contributed by atoms with van der Waals surface area (Å²) >= 11 is 1.46. The summed E-state index contributed by atoms with van der Waals surface area (Å²) in [6, 6.07) is 8.38. The van der Waals surface area contributed by atoms with Gasteiger partial charge in [0.15, 0.2) is 0 Å². The van der Waals surface area contributed by atoms with Crippen molar-refractivity contribution in [1.82, 2.24) is 9.21 Å². The summed E-state index contributed by atoms with van der Waals surface area (Å²) in [4.78, 5) is 28.6. The van der Waals surface area contributed by atoms with E-state index in [4.69, 9.17) is 4.74 Å². The lowest BCUT2D eigenvalue weighted by molar-refractivity contribution is -0.117. The maximum absolute atomic E-state index is 12.8. The zero-order valence-corrected chi connectivity index (χ0v) is 20.5. The smallest absolute Gasteiger partial charge is 0.341 e. The number of amides is 1. The first-order chi connectivity index (χ1) is 15.8. The molecule has 1 aromatic carbocycles. The molecule has 0 saturated carbocycles. The largest absolute Gasteiger partial charge is 0.465 e. The van der Waals surface area contributed by atoms with Crippen LogP contribution in [0.1, 0.15) is 34.1 Å². The second-order valence-electron chi connectivity index (χ2n) is 8.59. The van der Waals surface area contributed by atoms with Crippen molar-refractivity contribution in [2.75, 3.05) is 45.2 Å². The van der Waals surface area contributed by atoms with E-state index in [0.29, 0.717) is 42.7 Å². The summed E-state index contributed by atoms with van der Waals surface area (Å²) in [5.41, 5.74) is 1.48. The number of carbonyl (C=O) groups is 2. The third-order valence-corrected chi connectivity index (χ3v) is 9.32. The number of nitrogens with one attached hydrogen (secondary N) is 1. The van der Waals surface area contributed by atoms with E-state index in [9.17, 15) is 18.0 Å². The number of piperazine rings is 1. The van der Waals surface area contributed by atoms with Gasteiger partial charge in [-0.25, -0.2) is 13.2 Å². The molecule has 1 amide bonds. The summed E-state index contributed by atoms with van der Waals surface area (Å²) in [6.45, 7) is 3.89. The Balaban J connectivity index is 1.38. The number of esters is 1. The third kappa shape index (κ3) is 5.13. The van der Waals surface area contributed by atoms with Crippen molar-refractivity contribution in [2.24, 2.45) is 5.92 Å². The molecule has 2 heterocycles. The third-order valence-electron chi connectivity index (χ3n) is 6.23. The van der Waals surface area contributed by atoms with Gasteiger partial charge < -0.3 is 10.1 Å². The first-order valence-corrected chi connectivity index (χ1v) is 13.4. The molecule has 8 nitrogen and oxygen atoms in total. The highest BCUT2D eigenvalue weighted by atomic mass is 32.2. The molecule has 1 fully saturated rings. The molecule has 1 saturated heterocycles. The lowest BCUT2D eigenvalue weighted by Crippen LogP contribution is -2.50. The number of nitrogens with zero attached hydrogens (tertiary/aromatic N) is 2. The molecule has 1 aromatic heterocycles. The Kier molecular flexibility index (Phi) is 7.18. The van der Waals surface area contributed by atoms with Crippen LogP contribution in [-0.2, 0) is 32.4 Å². The van der Waals surface area contributed by atoms with Crippen LogP contribution in [-0.4, -0.2) is 69.3 Å². The van der Waals surface area contributed by atoms with Crippen molar-refractivity contribution in [3.63, 3.8) is 0 Å². The van der Waals surface area contributed by atoms with Gasteiger partial charge >= 0.3 is 5.97 Å². The Bertz CT molecular complexity index is 1120. The monoisotopic (exact) mass is 491 g/mol. The van der Waals surface area contributed by atoms with Crippen molar-refractivity contribution in [2.45, 2.75) is 31.1 Å². The number of hydrogen-bond acceptors (Lipinski definition) is 7. The Labute approximate surface area is 198 Å². The quantitative estimate of drug-likeness (QED) is 0.624. The first kappa shape index (κ1) is 23.9. The topological polar surface area (TPSA) is 96.0 Å². The van der Waals surface area contributed by atoms with Crippen LogP contribution in [0.25, 0.3) is 0 Å². The molecule has 0 radical (unpaired) electrons. The van der Waals surface area contributed by atoms with Gasteiger partial charge in [-0.2, -0.15) is 4.31 Å². The van der Waals surface area contributed by atoms with Crippen molar-refractivity contribution in [1.29, 1.82) is 0 Å². The number of anilines is 1. The van der Waals surface area contributed by atoms with Gasteiger partial charge in [0.1, 0.15) is 5.00 Å². The van der Waals surface area contributed by atoms with Crippen molar-refractivity contribution < 1.29 is 22.7 Å². The number of ether oxygens (including phenoxy) is 1. The van der Waals surface area contributed by atoms with Crippen LogP contribution in [0.15, 0.2) is 35.2 Å². The molecule has 1 aliphatic carbocycles. The molecule has 33 heavy (non-hydrogen) atoms. The van der Waals surface area contributed by atoms with Gasteiger partial charge in [0, 0.05) is 31.1 Å².